The summed E-state index contributed by atoms with van der Waals surface area (Å²) in [7, 11) is -3.10. The van der Waals surface area contributed by atoms with Crippen LogP contribution in [0.1, 0.15) is 36.2 Å². The normalized spacial score (nSPS) is 11.6. The number of sulfone groups is 1. The summed E-state index contributed by atoms with van der Waals surface area (Å²) < 4.78 is 27.9. The van der Waals surface area contributed by atoms with E-state index in [0.29, 0.717) is 24.3 Å². The van der Waals surface area contributed by atoms with Crippen molar-refractivity contribution in [2.45, 2.75) is 32.1 Å². The lowest BCUT2D eigenvalue weighted by atomic mass is 10.1. The second kappa shape index (κ2) is 8.14. The zero-order valence-electron chi connectivity index (χ0n) is 12.8. The molecule has 21 heavy (non-hydrogen) atoms. The average Bonchev–Trinajstić information content (AvgIpc) is 2.36. The van der Waals surface area contributed by atoms with Crippen molar-refractivity contribution in [1.29, 1.82) is 0 Å². The molecular formula is C15H23NO4S. The van der Waals surface area contributed by atoms with Gasteiger partial charge in [-0.1, -0.05) is 12.1 Å². The Morgan fingerprint density at radius 1 is 1.33 bits per heavy atom. The van der Waals surface area contributed by atoms with Crippen LogP contribution < -0.4 is 5.32 Å². The standard InChI is InChI=1S/C15H23NO4S/c1-12(2)20-9-5-8-16-15(17)14-7-4-6-13(10-14)11-21(3,18)19/h4,6-7,10,12H,5,8-9,11H2,1-3H3,(H,16,17). The molecule has 0 radical (unpaired) electrons. The van der Waals surface area contributed by atoms with Crippen LogP contribution in [0.5, 0.6) is 0 Å². The lowest BCUT2D eigenvalue weighted by Crippen LogP contribution is -2.25. The van der Waals surface area contributed by atoms with Crippen molar-refractivity contribution in [2.24, 2.45) is 0 Å². The lowest BCUT2D eigenvalue weighted by molar-refractivity contribution is 0.0757. The molecule has 0 atom stereocenters. The first kappa shape index (κ1) is 17.7. The highest BCUT2D eigenvalue weighted by molar-refractivity contribution is 7.89. The summed E-state index contributed by atoms with van der Waals surface area (Å²) in [6, 6.07) is 6.68. The molecule has 5 nitrogen and oxygen atoms in total. The van der Waals surface area contributed by atoms with Gasteiger partial charge in [0, 0.05) is 25.0 Å². The molecule has 0 aromatic heterocycles. The Labute approximate surface area is 126 Å². The smallest absolute Gasteiger partial charge is 0.251 e. The van der Waals surface area contributed by atoms with Gasteiger partial charge in [0.2, 0.25) is 0 Å². The SMILES string of the molecule is CC(C)OCCCNC(=O)c1cccc(CS(C)(=O)=O)c1. The predicted octanol–water partition coefficient (Wildman–Crippen LogP) is 1.78. The molecule has 1 aromatic carbocycles. The number of nitrogens with one attached hydrogen (secondary N) is 1. The summed E-state index contributed by atoms with van der Waals surface area (Å²) in [6.45, 7) is 5.06. The zero-order valence-corrected chi connectivity index (χ0v) is 13.6. The van der Waals surface area contributed by atoms with Crippen molar-refractivity contribution < 1.29 is 17.9 Å². The van der Waals surface area contributed by atoms with Crippen molar-refractivity contribution in [2.75, 3.05) is 19.4 Å². The van der Waals surface area contributed by atoms with Gasteiger partial charge in [0.1, 0.15) is 0 Å². The summed E-state index contributed by atoms with van der Waals surface area (Å²) in [5.74, 6) is -0.258. The number of carbonyl (C=O) groups is 1. The highest BCUT2D eigenvalue weighted by atomic mass is 32.2. The first-order chi connectivity index (χ1) is 9.78. The molecule has 0 heterocycles. The molecule has 118 valence electrons. The molecule has 0 unspecified atom stereocenters. The highest BCUT2D eigenvalue weighted by Gasteiger charge is 2.09. The van der Waals surface area contributed by atoms with E-state index in [9.17, 15) is 13.2 Å². The van der Waals surface area contributed by atoms with Crippen LogP contribution in [-0.4, -0.2) is 39.8 Å². The summed E-state index contributed by atoms with van der Waals surface area (Å²) in [6.07, 6.45) is 2.11. The van der Waals surface area contributed by atoms with Crippen LogP contribution in [0.25, 0.3) is 0 Å². The molecule has 0 spiro atoms. The molecule has 1 N–H and O–H groups in total. The van der Waals surface area contributed by atoms with E-state index in [4.69, 9.17) is 4.74 Å². The van der Waals surface area contributed by atoms with Gasteiger partial charge in [-0.05, 0) is 38.0 Å². The minimum Gasteiger partial charge on any atom is -0.379 e. The van der Waals surface area contributed by atoms with E-state index >= 15 is 0 Å². The molecule has 0 saturated carbocycles. The Balaban J connectivity index is 2.49. The van der Waals surface area contributed by atoms with E-state index in [1.165, 1.54) is 6.26 Å². The van der Waals surface area contributed by atoms with Crippen molar-refractivity contribution in [3.63, 3.8) is 0 Å². The Morgan fingerprint density at radius 3 is 2.67 bits per heavy atom. The number of rotatable bonds is 8. The Kier molecular flexibility index (Phi) is 6.84. The molecule has 0 saturated heterocycles. The lowest BCUT2D eigenvalue weighted by Gasteiger charge is -2.09. The third kappa shape index (κ3) is 7.82. The molecular weight excluding hydrogens is 290 g/mol. The van der Waals surface area contributed by atoms with Crippen LogP contribution in [0.3, 0.4) is 0 Å². The van der Waals surface area contributed by atoms with Gasteiger partial charge in [0.25, 0.3) is 5.91 Å². The van der Waals surface area contributed by atoms with Gasteiger partial charge in [0.05, 0.1) is 11.9 Å². The van der Waals surface area contributed by atoms with Gasteiger partial charge in [-0.25, -0.2) is 8.42 Å². The maximum atomic E-state index is 12.0. The Hall–Kier alpha value is -1.40. The van der Waals surface area contributed by atoms with Crippen molar-refractivity contribution in [3.8, 4) is 0 Å². The zero-order chi connectivity index (χ0) is 15.9. The predicted molar refractivity (Wildman–Crippen MR) is 83.0 cm³/mol. The third-order valence-electron chi connectivity index (χ3n) is 2.68. The molecule has 1 aromatic rings. The average molecular weight is 313 g/mol. The van der Waals surface area contributed by atoms with Crippen LogP contribution in [-0.2, 0) is 20.3 Å². The third-order valence-corrected chi connectivity index (χ3v) is 3.53. The second-order valence-corrected chi connectivity index (χ2v) is 7.44. The van der Waals surface area contributed by atoms with Crippen molar-refractivity contribution >= 4 is 15.7 Å². The molecule has 0 fully saturated rings. The van der Waals surface area contributed by atoms with E-state index in [2.05, 4.69) is 5.32 Å². The Morgan fingerprint density at radius 2 is 2.05 bits per heavy atom. The van der Waals surface area contributed by atoms with E-state index in [0.717, 1.165) is 6.42 Å². The van der Waals surface area contributed by atoms with Gasteiger partial charge < -0.3 is 10.1 Å². The number of ether oxygens (including phenoxy) is 1. The van der Waals surface area contributed by atoms with Gasteiger partial charge in [-0.15, -0.1) is 0 Å². The number of carbonyl (C=O) groups excluding carboxylic acids is 1. The van der Waals surface area contributed by atoms with Gasteiger partial charge in [-0.3, -0.25) is 4.79 Å². The molecule has 0 bridgehead atoms. The first-order valence-corrected chi connectivity index (χ1v) is 9.00. The topological polar surface area (TPSA) is 72.5 Å². The van der Waals surface area contributed by atoms with Crippen LogP contribution in [0, 0.1) is 0 Å². The van der Waals surface area contributed by atoms with Crippen LogP contribution in [0.4, 0.5) is 0 Å². The molecule has 6 heteroatoms. The summed E-state index contributed by atoms with van der Waals surface area (Å²) >= 11 is 0. The van der Waals surface area contributed by atoms with E-state index in [-0.39, 0.29) is 17.8 Å². The van der Waals surface area contributed by atoms with E-state index in [1.54, 1.807) is 24.3 Å². The minimum absolute atomic E-state index is 0.0592. The fourth-order valence-corrected chi connectivity index (χ4v) is 2.59. The second-order valence-electron chi connectivity index (χ2n) is 5.30. The van der Waals surface area contributed by atoms with E-state index in [1.807, 2.05) is 13.8 Å². The summed E-state index contributed by atoms with van der Waals surface area (Å²) in [5.41, 5.74) is 1.09. The number of amides is 1. The van der Waals surface area contributed by atoms with Crippen LogP contribution >= 0.6 is 0 Å². The molecule has 1 amide bonds. The molecule has 0 aliphatic rings. The van der Waals surface area contributed by atoms with Crippen LogP contribution in [0.15, 0.2) is 24.3 Å². The van der Waals surface area contributed by atoms with Crippen molar-refractivity contribution in [1.82, 2.24) is 5.32 Å². The highest BCUT2D eigenvalue weighted by Crippen LogP contribution is 2.08. The number of benzene rings is 1. The van der Waals surface area contributed by atoms with Crippen molar-refractivity contribution in [3.05, 3.63) is 35.4 Å². The summed E-state index contributed by atoms with van der Waals surface area (Å²) in [5, 5.41) is 2.79. The van der Waals surface area contributed by atoms with Gasteiger partial charge >= 0.3 is 0 Å². The maximum Gasteiger partial charge on any atom is 0.251 e. The monoisotopic (exact) mass is 313 g/mol. The van der Waals surface area contributed by atoms with Gasteiger partial charge in [-0.2, -0.15) is 0 Å². The fraction of sp³-hybridized carbons (Fsp3) is 0.533. The Bertz CT molecular complexity index is 567. The van der Waals surface area contributed by atoms with Crippen LogP contribution in [0.2, 0.25) is 0 Å². The van der Waals surface area contributed by atoms with Gasteiger partial charge in [0.15, 0.2) is 9.84 Å². The number of hydrogen-bond donors (Lipinski definition) is 1. The minimum atomic E-state index is -3.10. The first-order valence-electron chi connectivity index (χ1n) is 6.94. The maximum absolute atomic E-state index is 12.0. The fourth-order valence-electron chi connectivity index (χ4n) is 1.80. The largest absolute Gasteiger partial charge is 0.379 e. The number of hydrogen-bond acceptors (Lipinski definition) is 4. The molecule has 0 aliphatic carbocycles. The van der Waals surface area contributed by atoms with E-state index < -0.39 is 9.84 Å². The summed E-state index contributed by atoms with van der Waals surface area (Å²) in [4.78, 5) is 12.0. The molecule has 1 rings (SSSR count). The quantitative estimate of drug-likeness (QED) is 0.743. The molecule has 0 aliphatic heterocycles.